The van der Waals surface area contributed by atoms with Crippen LogP contribution in [-0.2, 0) is 9.53 Å². The summed E-state index contributed by atoms with van der Waals surface area (Å²) in [5.74, 6) is 1.04. The number of hydrogen-bond acceptors (Lipinski definition) is 4. The molecular weight excluding hydrogens is 372 g/mol. The van der Waals surface area contributed by atoms with Gasteiger partial charge in [-0.15, -0.1) is 11.3 Å². The van der Waals surface area contributed by atoms with Crippen molar-refractivity contribution >= 4 is 34.8 Å². The molecule has 1 N–H and O–H groups in total. The number of carbonyl (C=O) groups excluding carboxylic acids is 2. The van der Waals surface area contributed by atoms with Crippen molar-refractivity contribution in [3.05, 3.63) is 21.3 Å². The van der Waals surface area contributed by atoms with E-state index in [0.29, 0.717) is 41.4 Å². The lowest BCUT2D eigenvalue weighted by atomic mass is 9.73. The van der Waals surface area contributed by atoms with Gasteiger partial charge in [-0.25, -0.2) is 0 Å². The number of likely N-dealkylation sites (tertiary alicyclic amines) is 1. The molecule has 3 aliphatic heterocycles. The lowest BCUT2D eigenvalue weighted by Crippen LogP contribution is -2.44. The Morgan fingerprint density at radius 2 is 2.23 bits per heavy atom. The zero-order valence-electron chi connectivity index (χ0n) is 14.6. The van der Waals surface area contributed by atoms with Crippen LogP contribution in [0.2, 0.25) is 5.02 Å². The Hall–Kier alpha value is -1.11. The van der Waals surface area contributed by atoms with Crippen LogP contribution in [0.1, 0.15) is 41.8 Å². The molecule has 7 heteroatoms. The molecule has 3 saturated heterocycles. The highest BCUT2D eigenvalue weighted by Gasteiger charge is 2.63. The molecule has 2 bridgehead atoms. The number of amides is 2. The first kappa shape index (κ1) is 17.0. The summed E-state index contributed by atoms with van der Waals surface area (Å²) in [5, 5.41) is 5.54. The fraction of sp³-hybridized carbons (Fsp3) is 0.684. The highest BCUT2D eigenvalue weighted by molar-refractivity contribution is 7.12. The molecule has 4 aliphatic rings. The molecule has 4 atom stereocenters. The largest absolute Gasteiger partial charge is 0.369 e. The van der Waals surface area contributed by atoms with Crippen molar-refractivity contribution in [2.24, 2.45) is 17.8 Å². The summed E-state index contributed by atoms with van der Waals surface area (Å²) in [5.41, 5.74) is -0.212. The molecule has 4 heterocycles. The molecule has 1 spiro atoms. The molecular formula is C19H23ClN2O3S. The number of nitrogens with zero attached hydrogens (tertiary/aromatic N) is 1. The van der Waals surface area contributed by atoms with Crippen LogP contribution in [-0.4, -0.2) is 48.1 Å². The molecule has 26 heavy (non-hydrogen) atoms. The van der Waals surface area contributed by atoms with Gasteiger partial charge < -0.3 is 15.0 Å². The SMILES string of the molecule is O=C(NC[C@H]1[C@H]2CN(C(=O)c3sccc3Cl)C[C@]23CC[C@H]1O3)C1CCC1. The van der Waals surface area contributed by atoms with Crippen LogP contribution in [0.15, 0.2) is 11.4 Å². The van der Waals surface area contributed by atoms with Gasteiger partial charge in [0.25, 0.3) is 5.91 Å². The molecule has 140 valence electrons. The van der Waals surface area contributed by atoms with Gasteiger partial charge in [-0.05, 0) is 37.1 Å². The molecule has 5 rings (SSSR count). The second-order valence-corrected chi connectivity index (χ2v) is 9.51. The molecule has 5 nitrogen and oxygen atoms in total. The molecule has 0 radical (unpaired) electrons. The molecule has 4 fully saturated rings. The van der Waals surface area contributed by atoms with E-state index in [0.717, 1.165) is 25.7 Å². The monoisotopic (exact) mass is 394 g/mol. The van der Waals surface area contributed by atoms with Crippen molar-refractivity contribution in [3.8, 4) is 0 Å². The molecule has 1 saturated carbocycles. The Morgan fingerprint density at radius 3 is 2.92 bits per heavy atom. The molecule has 2 amide bonds. The first-order valence-corrected chi connectivity index (χ1v) is 10.8. The predicted octanol–water partition coefficient (Wildman–Crippen LogP) is 2.94. The average molecular weight is 395 g/mol. The number of ether oxygens (including phenoxy) is 1. The number of thiophene rings is 1. The van der Waals surface area contributed by atoms with Gasteiger partial charge in [0.15, 0.2) is 0 Å². The predicted molar refractivity (Wildman–Crippen MR) is 99.4 cm³/mol. The van der Waals surface area contributed by atoms with Gasteiger partial charge in [-0.1, -0.05) is 18.0 Å². The maximum Gasteiger partial charge on any atom is 0.265 e. The summed E-state index contributed by atoms with van der Waals surface area (Å²) < 4.78 is 6.38. The van der Waals surface area contributed by atoms with Crippen LogP contribution in [0, 0.1) is 17.8 Å². The number of carbonyl (C=O) groups is 2. The Labute approximate surface area is 162 Å². The first-order valence-electron chi connectivity index (χ1n) is 9.55. The van der Waals surface area contributed by atoms with E-state index >= 15 is 0 Å². The first-order chi connectivity index (χ1) is 12.6. The summed E-state index contributed by atoms with van der Waals surface area (Å²) in [6.45, 7) is 2.02. The van der Waals surface area contributed by atoms with E-state index in [2.05, 4.69) is 5.32 Å². The minimum Gasteiger partial charge on any atom is -0.369 e. The van der Waals surface area contributed by atoms with Crippen LogP contribution < -0.4 is 5.32 Å². The number of nitrogens with one attached hydrogen (secondary N) is 1. The Balaban J connectivity index is 1.28. The van der Waals surface area contributed by atoms with Crippen molar-refractivity contribution in [3.63, 3.8) is 0 Å². The molecule has 0 unspecified atom stereocenters. The van der Waals surface area contributed by atoms with E-state index in [4.69, 9.17) is 16.3 Å². The smallest absolute Gasteiger partial charge is 0.265 e. The van der Waals surface area contributed by atoms with Gasteiger partial charge >= 0.3 is 0 Å². The van der Waals surface area contributed by atoms with Crippen molar-refractivity contribution in [2.45, 2.75) is 43.8 Å². The number of halogens is 1. The maximum atomic E-state index is 12.9. The summed E-state index contributed by atoms with van der Waals surface area (Å²) in [6, 6.07) is 1.77. The molecule has 0 aromatic carbocycles. The third kappa shape index (κ3) is 2.53. The fourth-order valence-corrected chi connectivity index (χ4v) is 6.34. The van der Waals surface area contributed by atoms with Gasteiger partial charge in [0, 0.05) is 30.8 Å². The topological polar surface area (TPSA) is 58.6 Å². The minimum atomic E-state index is -0.212. The van der Waals surface area contributed by atoms with Crippen LogP contribution in [0.4, 0.5) is 0 Å². The van der Waals surface area contributed by atoms with E-state index in [-0.39, 0.29) is 29.4 Å². The molecule has 1 aromatic heterocycles. The maximum absolute atomic E-state index is 12.9. The standard InChI is InChI=1S/C19H23ClN2O3S/c20-14-5-7-26-16(14)18(24)22-9-13-12(8-21-17(23)11-2-1-3-11)15-4-6-19(13,10-22)25-15/h5,7,11-13,15H,1-4,6,8-10H2,(H,21,23)/t12-,13+,15+,19+/m0/s1. The summed E-state index contributed by atoms with van der Waals surface area (Å²) in [6.07, 6.45) is 5.48. The quantitative estimate of drug-likeness (QED) is 0.854. The second-order valence-electron chi connectivity index (χ2n) is 8.19. The molecule has 1 aromatic rings. The number of rotatable bonds is 4. The van der Waals surface area contributed by atoms with Gasteiger partial charge in [0.05, 0.1) is 23.3 Å². The Kier molecular flexibility index (Phi) is 4.07. The number of hydrogen-bond donors (Lipinski definition) is 1. The zero-order chi connectivity index (χ0) is 17.9. The normalized spacial score (nSPS) is 35.4. The van der Waals surface area contributed by atoms with E-state index in [1.807, 2.05) is 10.3 Å². The van der Waals surface area contributed by atoms with Gasteiger partial charge in [-0.2, -0.15) is 0 Å². The van der Waals surface area contributed by atoms with Crippen molar-refractivity contribution in [1.29, 1.82) is 0 Å². The van der Waals surface area contributed by atoms with Gasteiger partial charge in [0.2, 0.25) is 5.91 Å². The second kappa shape index (κ2) is 6.21. The average Bonchev–Trinajstić information content (AvgIpc) is 3.30. The third-order valence-corrected chi connectivity index (χ3v) is 8.20. The number of fused-ring (bicyclic) bond motifs is 1. The van der Waals surface area contributed by atoms with Gasteiger partial charge in [0.1, 0.15) is 4.88 Å². The van der Waals surface area contributed by atoms with Gasteiger partial charge in [-0.3, -0.25) is 9.59 Å². The van der Waals surface area contributed by atoms with E-state index in [1.54, 1.807) is 6.07 Å². The highest BCUT2D eigenvalue weighted by atomic mass is 35.5. The summed E-state index contributed by atoms with van der Waals surface area (Å²) in [4.78, 5) is 27.6. The summed E-state index contributed by atoms with van der Waals surface area (Å²) >= 11 is 7.55. The van der Waals surface area contributed by atoms with Crippen LogP contribution in [0.25, 0.3) is 0 Å². The van der Waals surface area contributed by atoms with Crippen LogP contribution >= 0.6 is 22.9 Å². The molecule has 1 aliphatic carbocycles. The van der Waals surface area contributed by atoms with E-state index in [9.17, 15) is 9.59 Å². The zero-order valence-corrected chi connectivity index (χ0v) is 16.2. The lowest BCUT2D eigenvalue weighted by Gasteiger charge is -2.30. The third-order valence-electron chi connectivity index (χ3n) is 6.87. The van der Waals surface area contributed by atoms with E-state index < -0.39 is 0 Å². The van der Waals surface area contributed by atoms with Crippen molar-refractivity contribution in [2.75, 3.05) is 19.6 Å². The summed E-state index contributed by atoms with van der Waals surface area (Å²) in [7, 11) is 0. The van der Waals surface area contributed by atoms with E-state index in [1.165, 1.54) is 17.8 Å². The van der Waals surface area contributed by atoms with Crippen LogP contribution in [0.5, 0.6) is 0 Å². The van der Waals surface area contributed by atoms with Crippen molar-refractivity contribution in [1.82, 2.24) is 10.2 Å². The lowest BCUT2D eigenvalue weighted by molar-refractivity contribution is -0.127. The minimum absolute atomic E-state index is 0.0121. The Morgan fingerprint density at radius 1 is 1.38 bits per heavy atom. The Bertz CT molecular complexity index is 749. The van der Waals surface area contributed by atoms with Crippen molar-refractivity contribution < 1.29 is 14.3 Å². The fourth-order valence-electron chi connectivity index (χ4n) is 5.24. The highest BCUT2D eigenvalue weighted by Crippen LogP contribution is 2.55. The van der Waals surface area contributed by atoms with Crippen LogP contribution in [0.3, 0.4) is 0 Å².